The third kappa shape index (κ3) is 3.45. The molecule has 6 heteroatoms. The van der Waals surface area contributed by atoms with Crippen molar-refractivity contribution in [1.82, 2.24) is 20.2 Å². The van der Waals surface area contributed by atoms with Crippen LogP contribution in [-0.2, 0) is 13.1 Å². The van der Waals surface area contributed by atoms with Crippen molar-refractivity contribution in [2.24, 2.45) is 0 Å². The number of hydrogen-bond donors (Lipinski definition) is 2. The summed E-state index contributed by atoms with van der Waals surface area (Å²) in [4.78, 5) is 23.7. The molecule has 130 valence electrons. The Morgan fingerprint density at radius 3 is 2.84 bits per heavy atom. The molecule has 1 aliphatic heterocycles. The Labute approximate surface area is 151 Å². The summed E-state index contributed by atoms with van der Waals surface area (Å²) >= 11 is 1.77. The van der Waals surface area contributed by atoms with Crippen molar-refractivity contribution in [3.8, 4) is 0 Å². The first-order valence-electron chi connectivity index (χ1n) is 8.71. The van der Waals surface area contributed by atoms with Gasteiger partial charge in [0.15, 0.2) is 0 Å². The number of aryl methyl sites for hydroxylation is 1. The van der Waals surface area contributed by atoms with Gasteiger partial charge in [-0.3, -0.25) is 14.7 Å². The van der Waals surface area contributed by atoms with Gasteiger partial charge in [-0.25, -0.2) is 0 Å². The summed E-state index contributed by atoms with van der Waals surface area (Å²) in [6.07, 6.45) is 6.05. The Kier molecular flexibility index (Phi) is 4.55. The zero-order chi connectivity index (χ0) is 17.2. The predicted octanol–water partition coefficient (Wildman–Crippen LogP) is 3.46. The molecule has 0 aliphatic carbocycles. The van der Waals surface area contributed by atoms with Gasteiger partial charge in [0, 0.05) is 35.9 Å². The number of aromatic nitrogens is 2. The van der Waals surface area contributed by atoms with Crippen molar-refractivity contribution in [3.63, 3.8) is 0 Å². The van der Waals surface area contributed by atoms with Crippen LogP contribution in [0.1, 0.15) is 39.3 Å². The van der Waals surface area contributed by atoms with Crippen molar-refractivity contribution in [2.45, 2.75) is 32.9 Å². The molecule has 1 aliphatic rings. The first kappa shape index (κ1) is 16.3. The minimum atomic E-state index is -0.0648. The average molecular weight is 354 g/mol. The molecule has 0 radical (unpaired) electrons. The topological polar surface area (TPSA) is 61.0 Å². The Balaban J connectivity index is 1.50. The number of pyridine rings is 1. The van der Waals surface area contributed by atoms with E-state index in [1.807, 2.05) is 18.2 Å². The number of hydrogen-bond acceptors (Lipinski definition) is 4. The van der Waals surface area contributed by atoms with Gasteiger partial charge in [-0.1, -0.05) is 0 Å². The van der Waals surface area contributed by atoms with Crippen LogP contribution in [0.5, 0.6) is 0 Å². The number of carbonyl (C=O) groups excluding carboxylic acids is 1. The fraction of sp³-hybridized carbons (Fsp3) is 0.368. The van der Waals surface area contributed by atoms with Gasteiger partial charge in [0.1, 0.15) is 5.69 Å². The van der Waals surface area contributed by atoms with E-state index in [0.717, 1.165) is 17.6 Å². The maximum atomic E-state index is 12.5. The standard InChI is InChI=1S/C19H22N4OS/c1-13-15(12-23-8-2-3-9-23)18-17(25-13)10-16(22-18)19(24)21-11-14-4-6-20-7-5-14/h4-7,10,22H,2-3,8-9,11-12H2,1H3,(H,21,24). The lowest BCUT2D eigenvalue weighted by Crippen LogP contribution is -2.23. The summed E-state index contributed by atoms with van der Waals surface area (Å²) in [5.74, 6) is -0.0648. The zero-order valence-electron chi connectivity index (χ0n) is 14.3. The number of thiophene rings is 1. The molecular weight excluding hydrogens is 332 g/mol. The van der Waals surface area contributed by atoms with Crippen LogP contribution in [0.4, 0.5) is 0 Å². The summed E-state index contributed by atoms with van der Waals surface area (Å²) in [5, 5.41) is 2.97. The van der Waals surface area contributed by atoms with E-state index in [0.29, 0.717) is 12.2 Å². The largest absolute Gasteiger partial charge is 0.350 e. The van der Waals surface area contributed by atoms with E-state index >= 15 is 0 Å². The van der Waals surface area contributed by atoms with E-state index in [-0.39, 0.29) is 5.91 Å². The van der Waals surface area contributed by atoms with Crippen LogP contribution in [0.3, 0.4) is 0 Å². The molecular formula is C19H22N4OS. The molecule has 0 spiro atoms. The highest BCUT2D eigenvalue weighted by atomic mass is 32.1. The van der Waals surface area contributed by atoms with Gasteiger partial charge in [0.2, 0.25) is 0 Å². The molecule has 5 nitrogen and oxygen atoms in total. The molecule has 25 heavy (non-hydrogen) atoms. The lowest BCUT2D eigenvalue weighted by molar-refractivity contribution is 0.0946. The molecule has 1 saturated heterocycles. The highest BCUT2D eigenvalue weighted by Crippen LogP contribution is 2.32. The number of rotatable bonds is 5. The molecule has 4 heterocycles. The number of nitrogens with one attached hydrogen (secondary N) is 2. The zero-order valence-corrected chi connectivity index (χ0v) is 15.2. The summed E-state index contributed by atoms with van der Waals surface area (Å²) in [6.45, 7) is 6.01. The predicted molar refractivity (Wildman–Crippen MR) is 101 cm³/mol. The van der Waals surface area contributed by atoms with Crippen molar-refractivity contribution in [2.75, 3.05) is 13.1 Å². The summed E-state index contributed by atoms with van der Waals surface area (Å²) in [7, 11) is 0. The lowest BCUT2D eigenvalue weighted by atomic mass is 10.2. The van der Waals surface area contributed by atoms with Crippen LogP contribution >= 0.6 is 11.3 Å². The molecule has 3 aromatic heterocycles. The van der Waals surface area contributed by atoms with Crippen molar-refractivity contribution < 1.29 is 4.79 Å². The molecule has 0 aromatic carbocycles. The number of amides is 1. The number of likely N-dealkylation sites (tertiary alicyclic amines) is 1. The van der Waals surface area contributed by atoms with Gasteiger partial charge in [-0.05, 0) is 56.6 Å². The number of nitrogens with zero attached hydrogens (tertiary/aromatic N) is 2. The van der Waals surface area contributed by atoms with E-state index in [9.17, 15) is 4.79 Å². The van der Waals surface area contributed by atoms with Gasteiger partial charge in [0.05, 0.1) is 10.2 Å². The molecule has 0 bridgehead atoms. The van der Waals surface area contributed by atoms with Crippen molar-refractivity contribution >= 4 is 27.5 Å². The van der Waals surface area contributed by atoms with E-state index in [2.05, 4.69) is 27.1 Å². The highest BCUT2D eigenvalue weighted by molar-refractivity contribution is 7.19. The fourth-order valence-corrected chi connectivity index (χ4v) is 4.47. The van der Waals surface area contributed by atoms with Crippen LogP contribution in [0, 0.1) is 6.92 Å². The molecule has 0 unspecified atom stereocenters. The Morgan fingerprint density at radius 1 is 1.32 bits per heavy atom. The van der Waals surface area contributed by atoms with Crippen LogP contribution in [0.15, 0.2) is 30.6 Å². The van der Waals surface area contributed by atoms with E-state index in [1.54, 1.807) is 23.7 Å². The van der Waals surface area contributed by atoms with Crippen molar-refractivity contribution in [3.05, 3.63) is 52.3 Å². The van der Waals surface area contributed by atoms with Gasteiger partial charge in [-0.15, -0.1) is 11.3 Å². The van der Waals surface area contributed by atoms with E-state index in [4.69, 9.17) is 0 Å². The van der Waals surface area contributed by atoms with Crippen molar-refractivity contribution in [1.29, 1.82) is 0 Å². The van der Waals surface area contributed by atoms with E-state index < -0.39 is 0 Å². The summed E-state index contributed by atoms with van der Waals surface area (Å²) in [6, 6.07) is 5.79. The molecule has 4 rings (SSSR count). The fourth-order valence-electron chi connectivity index (χ4n) is 3.40. The monoisotopic (exact) mass is 354 g/mol. The maximum absolute atomic E-state index is 12.5. The van der Waals surface area contributed by atoms with Crippen LogP contribution in [-0.4, -0.2) is 33.9 Å². The number of fused-ring (bicyclic) bond motifs is 1. The highest BCUT2D eigenvalue weighted by Gasteiger charge is 2.19. The second-order valence-corrected chi connectivity index (χ2v) is 7.84. The van der Waals surface area contributed by atoms with Gasteiger partial charge in [-0.2, -0.15) is 0 Å². The van der Waals surface area contributed by atoms with Crippen LogP contribution < -0.4 is 5.32 Å². The van der Waals surface area contributed by atoms with Gasteiger partial charge in [0.25, 0.3) is 5.91 Å². The maximum Gasteiger partial charge on any atom is 0.268 e. The first-order chi connectivity index (χ1) is 12.2. The van der Waals surface area contributed by atoms with E-state index in [1.165, 1.54) is 41.1 Å². The molecule has 1 amide bonds. The Morgan fingerprint density at radius 2 is 2.08 bits per heavy atom. The minimum Gasteiger partial charge on any atom is -0.350 e. The summed E-state index contributed by atoms with van der Waals surface area (Å²) in [5.41, 5.74) is 4.15. The second kappa shape index (κ2) is 6.98. The van der Waals surface area contributed by atoms with Crippen LogP contribution in [0.2, 0.25) is 0 Å². The molecule has 0 saturated carbocycles. The van der Waals surface area contributed by atoms with Gasteiger partial charge >= 0.3 is 0 Å². The molecule has 1 fully saturated rings. The second-order valence-electron chi connectivity index (χ2n) is 6.58. The third-order valence-corrected chi connectivity index (χ3v) is 5.89. The number of carbonyl (C=O) groups is 1. The first-order valence-corrected chi connectivity index (χ1v) is 9.53. The normalized spacial score (nSPS) is 15.1. The Bertz CT molecular complexity index is 878. The lowest BCUT2D eigenvalue weighted by Gasteiger charge is -2.14. The SMILES string of the molecule is Cc1sc2cc(C(=O)NCc3ccncc3)[nH]c2c1CN1CCCC1. The summed E-state index contributed by atoms with van der Waals surface area (Å²) < 4.78 is 1.17. The third-order valence-electron chi connectivity index (χ3n) is 4.80. The molecule has 3 aromatic rings. The van der Waals surface area contributed by atoms with Crippen LogP contribution in [0.25, 0.3) is 10.2 Å². The van der Waals surface area contributed by atoms with Gasteiger partial charge < -0.3 is 10.3 Å². The minimum absolute atomic E-state index is 0.0648. The quantitative estimate of drug-likeness (QED) is 0.738. The Hall–Kier alpha value is -2.18. The molecule has 2 N–H and O–H groups in total. The average Bonchev–Trinajstić information content (AvgIpc) is 3.33. The number of aromatic amines is 1. The molecule has 0 atom stereocenters. The number of H-pyrrole nitrogens is 1. The smallest absolute Gasteiger partial charge is 0.268 e.